The number of fused-ring (bicyclic) bond motifs is 2. The van der Waals surface area contributed by atoms with Crippen LogP contribution in [0.5, 0.6) is 0 Å². The van der Waals surface area contributed by atoms with E-state index < -0.39 is 4.92 Å². The monoisotopic (exact) mass is 266 g/mol. The first-order valence-electron chi connectivity index (χ1n) is 6.01. The van der Waals surface area contributed by atoms with Gasteiger partial charge in [-0.15, -0.1) is 0 Å². The van der Waals surface area contributed by atoms with E-state index in [0.717, 1.165) is 0 Å². The molecule has 1 aliphatic heterocycles. The van der Waals surface area contributed by atoms with E-state index in [1.54, 1.807) is 48.5 Å². The number of rotatable bonds is 2. The molecule has 0 spiro atoms. The molecule has 1 heterocycles. The van der Waals surface area contributed by atoms with Crippen molar-refractivity contribution in [2.75, 3.05) is 4.90 Å². The van der Waals surface area contributed by atoms with Crippen molar-refractivity contribution in [2.24, 2.45) is 0 Å². The van der Waals surface area contributed by atoms with Crippen molar-refractivity contribution < 1.29 is 9.72 Å². The molecule has 0 radical (unpaired) electrons. The molecule has 5 heteroatoms. The highest BCUT2D eigenvalue weighted by Crippen LogP contribution is 2.38. The normalized spacial score (nSPS) is 12.8. The van der Waals surface area contributed by atoms with E-state index in [2.05, 4.69) is 0 Å². The number of anilines is 2. The van der Waals surface area contributed by atoms with Crippen LogP contribution in [0.1, 0.15) is 11.1 Å². The molecule has 20 heavy (non-hydrogen) atoms. The van der Waals surface area contributed by atoms with Crippen molar-refractivity contribution in [3.63, 3.8) is 0 Å². The fourth-order valence-corrected chi connectivity index (χ4v) is 2.35. The first kappa shape index (κ1) is 12.1. The van der Waals surface area contributed by atoms with Gasteiger partial charge in [0.1, 0.15) is 0 Å². The zero-order chi connectivity index (χ0) is 14.1. The Morgan fingerprint density at radius 1 is 1.00 bits per heavy atom. The molecule has 98 valence electrons. The molecule has 3 rings (SSSR count). The van der Waals surface area contributed by atoms with E-state index >= 15 is 0 Å². The lowest BCUT2D eigenvalue weighted by molar-refractivity contribution is -0.374. The Morgan fingerprint density at radius 3 is 2.35 bits per heavy atom. The highest BCUT2D eigenvalue weighted by atomic mass is 16.6. The molecule has 0 atom stereocenters. The predicted molar refractivity (Wildman–Crippen MR) is 76.0 cm³/mol. The van der Waals surface area contributed by atoms with Crippen LogP contribution >= 0.6 is 0 Å². The van der Waals surface area contributed by atoms with Crippen LogP contribution in [0.2, 0.25) is 0 Å². The number of nitro groups is 1. The molecular formula is C15H10N2O3. The van der Waals surface area contributed by atoms with Gasteiger partial charge in [0.2, 0.25) is 6.41 Å². The summed E-state index contributed by atoms with van der Waals surface area (Å²) in [5, 5.41) is 11.3. The summed E-state index contributed by atoms with van der Waals surface area (Å²) in [5.41, 5.74) is 2.20. The molecule has 0 N–H and O–H groups in total. The summed E-state index contributed by atoms with van der Waals surface area (Å²) in [6, 6.07) is 13.9. The zero-order valence-corrected chi connectivity index (χ0v) is 10.4. The maximum Gasteiger partial charge on any atom is 0.279 e. The molecule has 5 nitrogen and oxygen atoms in total. The van der Waals surface area contributed by atoms with Crippen LogP contribution in [0.25, 0.3) is 11.8 Å². The van der Waals surface area contributed by atoms with Crippen LogP contribution in [0.15, 0.2) is 48.5 Å². The fourth-order valence-electron chi connectivity index (χ4n) is 2.35. The highest BCUT2D eigenvalue weighted by Gasteiger charge is 2.26. The van der Waals surface area contributed by atoms with Gasteiger partial charge in [0.25, 0.3) is 5.70 Å². The Balaban J connectivity index is 2.38. The van der Waals surface area contributed by atoms with E-state index in [4.69, 9.17) is 0 Å². The van der Waals surface area contributed by atoms with Gasteiger partial charge in [-0.1, -0.05) is 30.3 Å². The van der Waals surface area contributed by atoms with Gasteiger partial charge in [-0.3, -0.25) is 19.8 Å². The quantitative estimate of drug-likeness (QED) is 0.476. The molecule has 2 aromatic carbocycles. The Kier molecular flexibility index (Phi) is 2.80. The van der Waals surface area contributed by atoms with Crippen molar-refractivity contribution in [1.82, 2.24) is 0 Å². The average Bonchev–Trinajstić information content (AvgIpc) is 2.61. The van der Waals surface area contributed by atoms with Crippen molar-refractivity contribution in [2.45, 2.75) is 0 Å². The van der Waals surface area contributed by atoms with Gasteiger partial charge in [-0.05, 0) is 18.2 Å². The summed E-state index contributed by atoms with van der Waals surface area (Å²) in [4.78, 5) is 23.8. The number of benzene rings is 2. The summed E-state index contributed by atoms with van der Waals surface area (Å²) in [7, 11) is 0. The van der Waals surface area contributed by atoms with E-state index in [1.807, 2.05) is 0 Å². The molecule has 0 fully saturated rings. The topological polar surface area (TPSA) is 63.5 Å². The van der Waals surface area contributed by atoms with Crippen molar-refractivity contribution in [3.8, 4) is 0 Å². The summed E-state index contributed by atoms with van der Waals surface area (Å²) < 4.78 is 0. The standard InChI is InChI=1S/C15H10N2O3/c18-10-16-13-7-3-1-5-11(13)9-15(17(19)20)12-6-2-4-8-14(12)16/h1-10H. The number of carbonyl (C=O) groups excluding carboxylic acids is 1. The second-order valence-corrected chi connectivity index (χ2v) is 4.34. The molecule has 1 aliphatic rings. The number of hydrogen-bond donors (Lipinski definition) is 0. The van der Waals surface area contributed by atoms with Crippen molar-refractivity contribution >= 4 is 29.6 Å². The van der Waals surface area contributed by atoms with Gasteiger partial charge in [-0.25, -0.2) is 0 Å². The number of para-hydroxylation sites is 2. The number of amides is 1. The third-order valence-electron chi connectivity index (χ3n) is 3.23. The Bertz CT molecular complexity index is 737. The molecule has 0 bridgehead atoms. The third kappa shape index (κ3) is 1.76. The summed E-state index contributed by atoms with van der Waals surface area (Å²) in [6.45, 7) is 0. The lowest BCUT2D eigenvalue weighted by atomic mass is 10.1. The average molecular weight is 266 g/mol. The predicted octanol–water partition coefficient (Wildman–Crippen LogP) is 3.07. The number of hydrogen-bond acceptors (Lipinski definition) is 3. The number of carbonyl (C=O) groups is 1. The first-order valence-corrected chi connectivity index (χ1v) is 6.01. The van der Waals surface area contributed by atoms with Crippen molar-refractivity contribution in [1.29, 1.82) is 0 Å². The van der Waals surface area contributed by atoms with Crippen LogP contribution in [0, 0.1) is 10.1 Å². The van der Waals surface area contributed by atoms with Crippen LogP contribution in [0.3, 0.4) is 0 Å². The Morgan fingerprint density at radius 2 is 1.65 bits per heavy atom. The van der Waals surface area contributed by atoms with Crippen LogP contribution < -0.4 is 4.90 Å². The first-order chi connectivity index (χ1) is 9.72. The SMILES string of the molecule is O=CN1c2ccccc2C=C([N+](=O)[O-])c2ccccc21. The largest absolute Gasteiger partial charge is 0.282 e. The van der Waals surface area contributed by atoms with Crippen LogP contribution in [-0.4, -0.2) is 11.3 Å². The van der Waals surface area contributed by atoms with Gasteiger partial charge < -0.3 is 0 Å². The van der Waals surface area contributed by atoms with Crippen LogP contribution in [0.4, 0.5) is 11.4 Å². The second-order valence-electron chi connectivity index (χ2n) is 4.34. The van der Waals surface area contributed by atoms with Gasteiger partial charge in [0.05, 0.1) is 21.9 Å². The van der Waals surface area contributed by atoms with Gasteiger partial charge in [-0.2, -0.15) is 0 Å². The molecule has 0 saturated heterocycles. The third-order valence-corrected chi connectivity index (χ3v) is 3.23. The number of nitrogens with zero attached hydrogens (tertiary/aromatic N) is 2. The van der Waals surface area contributed by atoms with E-state index in [1.165, 1.54) is 11.0 Å². The summed E-state index contributed by atoms with van der Waals surface area (Å²) in [6.07, 6.45) is 2.17. The molecular weight excluding hydrogens is 256 g/mol. The Hall–Kier alpha value is -2.95. The summed E-state index contributed by atoms with van der Waals surface area (Å²) >= 11 is 0. The Labute approximate surface area is 114 Å². The second kappa shape index (κ2) is 4.62. The molecule has 0 aromatic heterocycles. The zero-order valence-electron chi connectivity index (χ0n) is 10.4. The molecule has 0 unspecified atom stereocenters. The van der Waals surface area contributed by atoms with Gasteiger partial charge >= 0.3 is 0 Å². The minimum Gasteiger partial charge on any atom is -0.282 e. The smallest absolute Gasteiger partial charge is 0.279 e. The molecule has 0 aliphatic carbocycles. The van der Waals surface area contributed by atoms with E-state index in [0.29, 0.717) is 28.9 Å². The van der Waals surface area contributed by atoms with Crippen LogP contribution in [-0.2, 0) is 4.79 Å². The maximum absolute atomic E-state index is 11.4. The minimum absolute atomic E-state index is 0.0163. The summed E-state index contributed by atoms with van der Waals surface area (Å²) in [5.74, 6) is 0. The highest BCUT2D eigenvalue weighted by molar-refractivity contribution is 5.99. The maximum atomic E-state index is 11.4. The van der Waals surface area contributed by atoms with E-state index in [-0.39, 0.29) is 5.70 Å². The van der Waals surface area contributed by atoms with E-state index in [9.17, 15) is 14.9 Å². The fraction of sp³-hybridized carbons (Fsp3) is 0. The lowest BCUT2D eigenvalue weighted by Gasteiger charge is -2.19. The van der Waals surface area contributed by atoms with Crippen molar-refractivity contribution in [3.05, 3.63) is 69.8 Å². The molecule has 0 saturated carbocycles. The molecule has 2 aromatic rings. The lowest BCUT2D eigenvalue weighted by Crippen LogP contribution is -2.15. The van der Waals surface area contributed by atoms with Gasteiger partial charge in [0.15, 0.2) is 0 Å². The minimum atomic E-state index is -0.427. The van der Waals surface area contributed by atoms with Gasteiger partial charge in [0, 0.05) is 11.6 Å². The molecule has 1 amide bonds.